The fourth-order valence-corrected chi connectivity index (χ4v) is 5.09. The fraction of sp³-hybridized carbons (Fsp3) is 0.600. The molecule has 0 radical (unpaired) electrons. The fourth-order valence-electron chi connectivity index (χ4n) is 5.09. The van der Waals surface area contributed by atoms with Gasteiger partial charge < -0.3 is 5.32 Å². The van der Waals surface area contributed by atoms with E-state index >= 15 is 0 Å². The van der Waals surface area contributed by atoms with Gasteiger partial charge in [0, 0.05) is 22.9 Å². The van der Waals surface area contributed by atoms with Crippen LogP contribution in [0.25, 0.3) is 11.4 Å². The van der Waals surface area contributed by atoms with Gasteiger partial charge in [-0.05, 0) is 63.2 Å². The number of nitrogens with zero attached hydrogens (tertiary/aromatic N) is 2. The van der Waals surface area contributed by atoms with Gasteiger partial charge in [-0.25, -0.2) is 9.97 Å². The summed E-state index contributed by atoms with van der Waals surface area (Å²) in [6.07, 6.45) is 8.63. The summed E-state index contributed by atoms with van der Waals surface area (Å²) in [6.45, 7) is 9.28. The predicted octanol–water partition coefficient (Wildman–Crippen LogP) is 6.20. The largest absolute Gasteiger partial charge is 0.367 e. The summed E-state index contributed by atoms with van der Waals surface area (Å²) in [5.41, 5.74) is 5.04. The van der Waals surface area contributed by atoms with Gasteiger partial charge in [0.1, 0.15) is 5.82 Å². The minimum atomic E-state index is 0.524. The van der Waals surface area contributed by atoms with E-state index in [9.17, 15) is 0 Å². The van der Waals surface area contributed by atoms with Gasteiger partial charge in [0.2, 0.25) is 0 Å². The summed E-state index contributed by atoms with van der Waals surface area (Å²) in [5, 5.41) is 3.94. The first-order valence-corrected chi connectivity index (χ1v) is 11.2. The van der Waals surface area contributed by atoms with E-state index in [1.54, 1.807) is 0 Å². The molecule has 0 aliphatic heterocycles. The Morgan fingerprint density at radius 3 is 2.50 bits per heavy atom. The number of rotatable bonds is 4. The summed E-state index contributed by atoms with van der Waals surface area (Å²) >= 11 is 0. The SMILES string of the molecule is Cc1ccc(-c2nc3c(c(NC4CC(C)CCC4C(C)C)n2)CCCC3)cc1. The first-order chi connectivity index (χ1) is 13.5. The second kappa shape index (κ2) is 8.23. The zero-order valence-corrected chi connectivity index (χ0v) is 18.0. The van der Waals surface area contributed by atoms with Crippen molar-refractivity contribution in [1.29, 1.82) is 0 Å². The zero-order chi connectivity index (χ0) is 19.7. The van der Waals surface area contributed by atoms with Gasteiger partial charge in [0.25, 0.3) is 0 Å². The number of nitrogens with one attached hydrogen (secondary N) is 1. The Bertz CT molecular complexity index is 809. The highest BCUT2D eigenvalue weighted by atomic mass is 15.1. The maximum atomic E-state index is 5.08. The third-order valence-electron chi connectivity index (χ3n) is 6.84. The minimum Gasteiger partial charge on any atom is -0.367 e. The molecular formula is C25H35N3. The Balaban J connectivity index is 1.70. The molecule has 28 heavy (non-hydrogen) atoms. The van der Waals surface area contributed by atoms with Crippen LogP contribution in [-0.2, 0) is 12.8 Å². The van der Waals surface area contributed by atoms with Crippen molar-refractivity contribution in [3.8, 4) is 11.4 Å². The van der Waals surface area contributed by atoms with Crippen molar-refractivity contribution >= 4 is 5.82 Å². The van der Waals surface area contributed by atoms with Crippen molar-refractivity contribution in [2.24, 2.45) is 17.8 Å². The standard InChI is InChI=1S/C25H35N3/c1-16(2)20-14-11-18(4)15-23(20)27-25-21-7-5-6-8-22(21)26-24(28-25)19-12-9-17(3)10-13-19/h9-10,12-13,16,18,20,23H,5-8,11,14-15H2,1-4H3,(H,26,27,28). The molecule has 0 spiro atoms. The molecule has 2 aliphatic rings. The molecule has 2 aromatic rings. The van der Waals surface area contributed by atoms with Crippen molar-refractivity contribution < 1.29 is 0 Å². The topological polar surface area (TPSA) is 37.8 Å². The normalized spacial score (nSPS) is 24.8. The minimum absolute atomic E-state index is 0.524. The monoisotopic (exact) mass is 377 g/mol. The molecule has 1 heterocycles. The average molecular weight is 378 g/mol. The van der Waals surface area contributed by atoms with E-state index in [0.717, 1.165) is 41.9 Å². The highest BCUT2D eigenvalue weighted by molar-refractivity contribution is 5.61. The summed E-state index contributed by atoms with van der Waals surface area (Å²) in [4.78, 5) is 10.1. The van der Waals surface area contributed by atoms with Crippen molar-refractivity contribution in [1.82, 2.24) is 9.97 Å². The summed E-state index contributed by atoms with van der Waals surface area (Å²) in [7, 11) is 0. The molecule has 3 atom stereocenters. The lowest BCUT2D eigenvalue weighted by Crippen LogP contribution is -2.38. The first kappa shape index (κ1) is 19.4. The van der Waals surface area contributed by atoms with Gasteiger partial charge in [-0.3, -0.25) is 0 Å². The molecule has 3 nitrogen and oxygen atoms in total. The Hall–Kier alpha value is -1.90. The number of aryl methyl sites for hydroxylation is 2. The van der Waals surface area contributed by atoms with Crippen LogP contribution >= 0.6 is 0 Å². The molecule has 1 aromatic heterocycles. The quantitative estimate of drug-likeness (QED) is 0.689. The smallest absolute Gasteiger partial charge is 0.161 e. The van der Waals surface area contributed by atoms with Crippen LogP contribution < -0.4 is 5.32 Å². The number of anilines is 1. The van der Waals surface area contributed by atoms with Gasteiger partial charge in [-0.1, -0.05) is 57.0 Å². The molecule has 1 saturated carbocycles. The summed E-state index contributed by atoms with van der Waals surface area (Å²) < 4.78 is 0. The average Bonchev–Trinajstić information content (AvgIpc) is 2.68. The Kier molecular flexibility index (Phi) is 5.70. The number of fused-ring (bicyclic) bond motifs is 1. The van der Waals surface area contributed by atoms with Crippen LogP contribution in [0.4, 0.5) is 5.82 Å². The van der Waals surface area contributed by atoms with E-state index in [4.69, 9.17) is 9.97 Å². The van der Waals surface area contributed by atoms with Crippen molar-refractivity contribution in [2.75, 3.05) is 5.32 Å². The molecule has 4 rings (SSSR count). The van der Waals surface area contributed by atoms with Gasteiger partial charge in [0.15, 0.2) is 5.82 Å². The second-order valence-electron chi connectivity index (χ2n) is 9.47. The molecule has 1 aromatic carbocycles. The molecule has 0 saturated heterocycles. The molecule has 1 N–H and O–H groups in total. The van der Waals surface area contributed by atoms with E-state index in [1.807, 2.05) is 0 Å². The molecule has 0 amide bonds. The molecule has 1 fully saturated rings. The highest BCUT2D eigenvalue weighted by Crippen LogP contribution is 2.37. The Morgan fingerprint density at radius 2 is 1.75 bits per heavy atom. The van der Waals surface area contributed by atoms with Gasteiger partial charge in [0.05, 0.1) is 0 Å². The zero-order valence-electron chi connectivity index (χ0n) is 18.0. The summed E-state index contributed by atoms with van der Waals surface area (Å²) in [5.74, 6) is 4.23. The highest BCUT2D eigenvalue weighted by Gasteiger charge is 2.32. The number of aromatic nitrogens is 2. The van der Waals surface area contributed by atoms with Gasteiger partial charge in [-0.2, -0.15) is 0 Å². The van der Waals surface area contributed by atoms with Crippen LogP contribution in [0.1, 0.15) is 69.7 Å². The molecule has 3 heteroatoms. The predicted molar refractivity (Wildman–Crippen MR) is 118 cm³/mol. The van der Waals surface area contributed by atoms with E-state index in [-0.39, 0.29) is 0 Å². The van der Waals surface area contributed by atoms with Crippen LogP contribution in [0.15, 0.2) is 24.3 Å². The molecule has 0 bridgehead atoms. The molecule has 2 aliphatic carbocycles. The van der Waals surface area contributed by atoms with E-state index in [0.29, 0.717) is 12.0 Å². The maximum Gasteiger partial charge on any atom is 0.161 e. The van der Waals surface area contributed by atoms with Crippen LogP contribution in [-0.4, -0.2) is 16.0 Å². The second-order valence-corrected chi connectivity index (χ2v) is 9.47. The Morgan fingerprint density at radius 1 is 1.00 bits per heavy atom. The van der Waals surface area contributed by atoms with E-state index in [2.05, 4.69) is 57.3 Å². The van der Waals surface area contributed by atoms with Crippen molar-refractivity contribution in [3.63, 3.8) is 0 Å². The van der Waals surface area contributed by atoms with Crippen LogP contribution in [0, 0.1) is 24.7 Å². The third-order valence-corrected chi connectivity index (χ3v) is 6.84. The maximum absolute atomic E-state index is 5.08. The van der Waals surface area contributed by atoms with E-state index < -0.39 is 0 Å². The first-order valence-electron chi connectivity index (χ1n) is 11.2. The third kappa shape index (κ3) is 4.09. The van der Waals surface area contributed by atoms with Gasteiger partial charge in [-0.15, -0.1) is 0 Å². The van der Waals surface area contributed by atoms with Gasteiger partial charge >= 0.3 is 0 Å². The van der Waals surface area contributed by atoms with Crippen LogP contribution in [0.3, 0.4) is 0 Å². The van der Waals surface area contributed by atoms with Crippen molar-refractivity contribution in [3.05, 3.63) is 41.1 Å². The van der Waals surface area contributed by atoms with Crippen LogP contribution in [0.5, 0.6) is 0 Å². The molecule has 150 valence electrons. The lowest BCUT2D eigenvalue weighted by atomic mass is 9.74. The lowest BCUT2D eigenvalue weighted by molar-refractivity contribution is 0.211. The van der Waals surface area contributed by atoms with Crippen LogP contribution in [0.2, 0.25) is 0 Å². The van der Waals surface area contributed by atoms with E-state index in [1.165, 1.54) is 48.9 Å². The molecular weight excluding hydrogens is 342 g/mol. The molecule has 3 unspecified atom stereocenters. The lowest BCUT2D eigenvalue weighted by Gasteiger charge is -2.38. The summed E-state index contributed by atoms with van der Waals surface area (Å²) in [6, 6.07) is 9.15. The number of benzene rings is 1. The number of hydrogen-bond acceptors (Lipinski definition) is 3. The number of hydrogen-bond donors (Lipinski definition) is 1. The Labute approximate surface area is 170 Å². The van der Waals surface area contributed by atoms with Crippen molar-refractivity contribution in [2.45, 2.75) is 78.7 Å².